The molecular weight excluding hydrogens is 252 g/mol. The SMILES string of the molecule is C=CCN(CCOC)c1ncc(CNC2CC2)c(C)n1. The van der Waals surface area contributed by atoms with Gasteiger partial charge in [-0.2, -0.15) is 0 Å². The second-order valence-corrected chi connectivity index (χ2v) is 5.16. The van der Waals surface area contributed by atoms with E-state index in [9.17, 15) is 0 Å². The summed E-state index contributed by atoms with van der Waals surface area (Å²) in [5.74, 6) is 0.745. The van der Waals surface area contributed by atoms with Gasteiger partial charge in [-0.3, -0.25) is 0 Å². The maximum atomic E-state index is 5.12. The summed E-state index contributed by atoms with van der Waals surface area (Å²) in [7, 11) is 1.70. The standard InChI is InChI=1S/C15H24N4O/c1-4-7-19(8-9-20-3)15-17-11-13(12(2)18-15)10-16-14-5-6-14/h4,11,14,16H,1,5-10H2,2-3H3. The van der Waals surface area contributed by atoms with E-state index in [0.717, 1.165) is 31.3 Å². The summed E-state index contributed by atoms with van der Waals surface area (Å²) in [6.45, 7) is 8.82. The van der Waals surface area contributed by atoms with E-state index in [1.807, 2.05) is 19.2 Å². The van der Waals surface area contributed by atoms with Gasteiger partial charge in [-0.05, 0) is 19.8 Å². The van der Waals surface area contributed by atoms with Gasteiger partial charge in [0.15, 0.2) is 0 Å². The van der Waals surface area contributed by atoms with Crippen molar-refractivity contribution in [3.8, 4) is 0 Å². The van der Waals surface area contributed by atoms with Crippen molar-refractivity contribution in [2.45, 2.75) is 32.4 Å². The first-order valence-corrected chi connectivity index (χ1v) is 7.15. The molecule has 1 saturated carbocycles. The van der Waals surface area contributed by atoms with Crippen LogP contribution in [0.15, 0.2) is 18.9 Å². The zero-order chi connectivity index (χ0) is 14.4. The largest absolute Gasteiger partial charge is 0.383 e. The van der Waals surface area contributed by atoms with Crippen LogP contribution in [0.25, 0.3) is 0 Å². The van der Waals surface area contributed by atoms with Gasteiger partial charge in [0.25, 0.3) is 0 Å². The number of nitrogens with one attached hydrogen (secondary N) is 1. The Labute approximate surface area is 121 Å². The summed E-state index contributed by atoms with van der Waals surface area (Å²) >= 11 is 0. The number of aryl methyl sites for hydroxylation is 1. The van der Waals surface area contributed by atoms with E-state index in [-0.39, 0.29) is 0 Å². The van der Waals surface area contributed by atoms with Gasteiger partial charge in [-0.25, -0.2) is 9.97 Å². The predicted molar refractivity (Wildman–Crippen MR) is 80.9 cm³/mol. The van der Waals surface area contributed by atoms with Crippen LogP contribution in [0, 0.1) is 6.92 Å². The molecule has 1 heterocycles. The second-order valence-electron chi connectivity index (χ2n) is 5.16. The summed E-state index contributed by atoms with van der Waals surface area (Å²) < 4.78 is 5.12. The molecule has 1 aliphatic rings. The number of rotatable bonds is 9. The first-order valence-electron chi connectivity index (χ1n) is 7.15. The molecule has 1 aromatic rings. The lowest BCUT2D eigenvalue weighted by Crippen LogP contribution is -2.29. The van der Waals surface area contributed by atoms with Crippen LogP contribution < -0.4 is 10.2 Å². The minimum atomic E-state index is 0.654. The molecular formula is C15H24N4O. The summed E-state index contributed by atoms with van der Waals surface area (Å²) in [4.78, 5) is 11.2. The zero-order valence-electron chi connectivity index (χ0n) is 12.4. The zero-order valence-corrected chi connectivity index (χ0v) is 12.4. The number of aromatic nitrogens is 2. The Balaban J connectivity index is 2.01. The maximum absolute atomic E-state index is 5.12. The van der Waals surface area contributed by atoms with Crippen LogP contribution in [-0.2, 0) is 11.3 Å². The van der Waals surface area contributed by atoms with Crippen molar-refractivity contribution in [3.63, 3.8) is 0 Å². The molecule has 1 aliphatic carbocycles. The fraction of sp³-hybridized carbons (Fsp3) is 0.600. The van der Waals surface area contributed by atoms with Gasteiger partial charge in [-0.15, -0.1) is 6.58 Å². The monoisotopic (exact) mass is 276 g/mol. The second kappa shape index (κ2) is 7.36. The van der Waals surface area contributed by atoms with Crippen molar-refractivity contribution in [2.24, 2.45) is 0 Å². The molecule has 2 rings (SSSR count). The van der Waals surface area contributed by atoms with Crippen LogP contribution in [-0.4, -0.2) is 42.8 Å². The molecule has 0 unspecified atom stereocenters. The van der Waals surface area contributed by atoms with E-state index in [4.69, 9.17) is 4.74 Å². The van der Waals surface area contributed by atoms with Gasteiger partial charge >= 0.3 is 0 Å². The quantitative estimate of drug-likeness (QED) is 0.695. The average molecular weight is 276 g/mol. The summed E-state index contributed by atoms with van der Waals surface area (Å²) in [5.41, 5.74) is 2.21. The Morgan fingerprint density at radius 2 is 2.35 bits per heavy atom. The number of anilines is 1. The molecule has 1 N–H and O–H groups in total. The van der Waals surface area contributed by atoms with Crippen molar-refractivity contribution >= 4 is 5.95 Å². The van der Waals surface area contributed by atoms with Gasteiger partial charge in [-0.1, -0.05) is 6.08 Å². The van der Waals surface area contributed by atoms with Gasteiger partial charge < -0.3 is 15.0 Å². The minimum absolute atomic E-state index is 0.654. The highest BCUT2D eigenvalue weighted by atomic mass is 16.5. The Morgan fingerprint density at radius 3 is 2.95 bits per heavy atom. The van der Waals surface area contributed by atoms with Crippen molar-refractivity contribution in [2.75, 3.05) is 31.7 Å². The molecule has 0 amide bonds. The van der Waals surface area contributed by atoms with Crippen molar-refractivity contribution in [1.82, 2.24) is 15.3 Å². The molecule has 0 saturated heterocycles. The maximum Gasteiger partial charge on any atom is 0.225 e. The van der Waals surface area contributed by atoms with Crippen LogP contribution in [0.4, 0.5) is 5.95 Å². The molecule has 1 fully saturated rings. The van der Waals surface area contributed by atoms with Crippen LogP contribution in [0.2, 0.25) is 0 Å². The minimum Gasteiger partial charge on any atom is -0.383 e. The van der Waals surface area contributed by atoms with Gasteiger partial charge in [0.1, 0.15) is 0 Å². The lowest BCUT2D eigenvalue weighted by molar-refractivity contribution is 0.205. The van der Waals surface area contributed by atoms with Crippen molar-refractivity contribution in [1.29, 1.82) is 0 Å². The van der Waals surface area contributed by atoms with Gasteiger partial charge in [0.05, 0.1) is 6.61 Å². The molecule has 110 valence electrons. The molecule has 5 nitrogen and oxygen atoms in total. The predicted octanol–water partition coefficient (Wildman–Crippen LogP) is 1.68. The number of ether oxygens (including phenoxy) is 1. The van der Waals surface area contributed by atoms with Crippen molar-refractivity contribution < 1.29 is 4.74 Å². The van der Waals surface area contributed by atoms with Crippen molar-refractivity contribution in [3.05, 3.63) is 30.1 Å². The molecule has 0 bridgehead atoms. The summed E-state index contributed by atoms with van der Waals surface area (Å²) in [5, 5.41) is 3.49. The molecule has 0 atom stereocenters. The third-order valence-corrected chi connectivity index (χ3v) is 3.42. The fourth-order valence-electron chi connectivity index (χ4n) is 1.98. The Bertz CT molecular complexity index is 445. The number of hydrogen-bond donors (Lipinski definition) is 1. The third-order valence-electron chi connectivity index (χ3n) is 3.42. The molecule has 20 heavy (non-hydrogen) atoms. The highest BCUT2D eigenvalue weighted by Crippen LogP contribution is 2.20. The molecule has 0 aromatic carbocycles. The summed E-state index contributed by atoms with van der Waals surface area (Å²) in [6, 6.07) is 0.702. The van der Waals surface area contributed by atoms with E-state index in [2.05, 4.69) is 26.8 Å². The molecule has 0 spiro atoms. The first-order chi connectivity index (χ1) is 9.74. The topological polar surface area (TPSA) is 50.3 Å². The molecule has 1 aromatic heterocycles. The van der Waals surface area contributed by atoms with E-state index >= 15 is 0 Å². The Morgan fingerprint density at radius 1 is 1.55 bits per heavy atom. The van der Waals surface area contributed by atoms with Gasteiger partial charge in [0.2, 0.25) is 5.95 Å². The Hall–Kier alpha value is -1.46. The lowest BCUT2D eigenvalue weighted by Gasteiger charge is -2.21. The Kier molecular flexibility index (Phi) is 5.49. The molecule has 5 heteroatoms. The lowest BCUT2D eigenvalue weighted by atomic mass is 10.2. The van der Waals surface area contributed by atoms with E-state index < -0.39 is 0 Å². The summed E-state index contributed by atoms with van der Waals surface area (Å²) in [6.07, 6.45) is 6.37. The van der Waals surface area contributed by atoms with Crippen LogP contribution in [0.1, 0.15) is 24.1 Å². The van der Waals surface area contributed by atoms with Crippen LogP contribution in [0.3, 0.4) is 0 Å². The highest BCUT2D eigenvalue weighted by molar-refractivity contribution is 5.33. The highest BCUT2D eigenvalue weighted by Gasteiger charge is 2.20. The normalized spacial score (nSPS) is 14.3. The van der Waals surface area contributed by atoms with E-state index in [0.29, 0.717) is 12.6 Å². The fourth-order valence-corrected chi connectivity index (χ4v) is 1.98. The van der Waals surface area contributed by atoms with E-state index in [1.54, 1.807) is 7.11 Å². The number of hydrogen-bond acceptors (Lipinski definition) is 5. The number of methoxy groups -OCH3 is 1. The van der Waals surface area contributed by atoms with Crippen LogP contribution >= 0.6 is 0 Å². The van der Waals surface area contributed by atoms with Gasteiger partial charge in [0, 0.05) is 50.2 Å². The molecule has 0 radical (unpaired) electrons. The smallest absolute Gasteiger partial charge is 0.225 e. The first kappa shape index (κ1) is 14.9. The molecule has 0 aliphatic heterocycles. The average Bonchev–Trinajstić information content (AvgIpc) is 3.26. The number of nitrogens with zero attached hydrogens (tertiary/aromatic N) is 3. The van der Waals surface area contributed by atoms with Crippen LogP contribution in [0.5, 0.6) is 0 Å². The third kappa shape index (κ3) is 4.28. The van der Waals surface area contributed by atoms with E-state index in [1.165, 1.54) is 18.4 Å².